The van der Waals surface area contributed by atoms with Crippen molar-refractivity contribution in [1.29, 1.82) is 0 Å². The summed E-state index contributed by atoms with van der Waals surface area (Å²) < 4.78 is 0. The molecule has 0 N–H and O–H groups in total. The van der Waals surface area contributed by atoms with Crippen LogP contribution in [0.15, 0.2) is 12.4 Å². The van der Waals surface area contributed by atoms with Crippen LogP contribution in [0.4, 0.5) is 0 Å². The highest BCUT2D eigenvalue weighted by Gasteiger charge is 2.26. The van der Waals surface area contributed by atoms with Crippen LogP contribution in [0.2, 0.25) is 0 Å². The summed E-state index contributed by atoms with van der Waals surface area (Å²) in [5, 5.41) is 0. The van der Waals surface area contributed by atoms with E-state index in [-0.39, 0.29) is 0 Å². The molecular weight excluding hydrogens is 220 g/mol. The molecule has 1 aliphatic rings. The highest BCUT2D eigenvalue weighted by Crippen LogP contribution is 2.23. The first-order valence-corrected chi connectivity index (χ1v) is 7.92. The van der Waals surface area contributed by atoms with Crippen molar-refractivity contribution in [3.05, 3.63) is 12.4 Å². The van der Waals surface area contributed by atoms with E-state index in [0.717, 1.165) is 0 Å². The average Bonchev–Trinajstić information content (AvgIpc) is 2.73. The number of unbranched alkanes of at least 4 members (excludes halogenated alkanes) is 4. The molecule has 0 aromatic rings. The lowest BCUT2D eigenvalue weighted by Gasteiger charge is -2.35. The van der Waals surface area contributed by atoms with Crippen LogP contribution in [0.3, 0.4) is 0 Å². The number of hydrogen-bond donors (Lipinski definition) is 0. The van der Waals surface area contributed by atoms with Gasteiger partial charge in [-0.25, -0.2) is 0 Å². The Hall–Kier alpha value is -0.660. The Labute approximate surface area is 114 Å². The summed E-state index contributed by atoms with van der Waals surface area (Å²) in [6.45, 7) is 10.3. The molecule has 0 spiro atoms. The summed E-state index contributed by atoms with van der Waals surface area (Å²) in [6, 6.07) is 0.615. The van der Waals surface area contributed by atoms with Crippen LogP contribution in [-0.2, 0) is 0 Å². The summed E-state index contributed by atoms with van der Waals surface area (Å²) in [5.41, 5.74) is 0. The SMILES string of the molecule is CCCCCCCC1N(CCC)C=CN1C(C)C. The molecule has 1 unspecified atom stereocenters. The molecule has 1 aliphatic heterocycles. The van der Waals surface area contributed by atoms with Crippen molar-refractivity contribution in [1.82, 2.24) is 9.80 Å². The van der Waals surface area contributed by atoms with Gasteiger partial charge in [-0.2, -0.15) is 0 Å². The minimum Gasteiger partial charge on any atom is -0.356 e. The van der Waals surface area contributed by atoms with Crippen LogP contribution in [0.1, 0.15) is 72.6 Å². The fraction of sp³-hybridized carbons (Fsp3) is 0.875. The first-order valence-electron chi connectivity index (χ1n) is 7.92. The maximum Gasteiger partial charge on any atom is 0.101 e. The van der Waals surface area contributed by atoms with Crippen molar-refractivity contribution in [2.24, 2.45) is 0 Å². The zero-order valence-corrected chi connectivity index (χ0v) is 12.9. The molecule has 0 bridgehead atoms. The number of nitrogens with zero attached hydrogens (tertiary/aromatic N) is 2. The maximum absolute atomic E-state index is 2.53. The predicted octanol–water partition coefficient (Wildman–Crippen LogP) is 4.58. The van der Waals surface area contributed by atoms with E-state index < -0.39 is 0 Å². The molecule has 0 saturated carbocycles. The van der Waals surface area contributed by atoms with Gasteiger partial charge in [-0.15, -0.1) is 0 Å². The molecule has 0 fully saturated rings. The van der Waals surface area contributed by atoms with Gasteiger partial charge in [-0.1, -0.05) is 39.5 Å². The Bertz CT molecular complexity index is 235. The summed E-state index contributed by atoms with van der Waals surface area (Å²) in [4.78, 5) is 5.05. The average molecular weight is 252 g/mol. The van der Waals surface area contributed by atoms with Crippen LogP contribution in [0.25, 0.3) is 0 Å². The smallest absolute Gasteiger partial charge is 0.101 e. The van der Waals surface area contributed by atoms with Gasteiger partial charge in [-0.05, 0) is 33.1 Å². The van der Waals surface area contributed by atoms with Gasteiger partial charge < -0.3 is 9.80 Å². The van der Waals surface area contributed by atoms with Crippen LogP contribution in [0.5, 0.6) is 0 Å². The molecule has 106 valence electrons. The molecule has 1 atom stereocenters. The van der Waals surface area contributed by atoms with Gasteiger partial charge in [0.05, 0.1) is 0 Å². The summed E-state index contributed by atoms with van der Waals surface area (Å²) in [5.74, 6) is 0. The Morgan fingerprint density at radius 3 is 2.28 bits per heavy atom. The Morgan fingerprint density at radius 1 is 0.944 bits per heavy atom. The Balaban J connectivity index is 2.36. The molecule has 2 heteroatoms. The lowest BCUT2D eigenvalue weighted by molar-refractivity contribution is 0.115. The molecule has 18 heavy (non-hydrogen) atoms. The maximum atomic E-state index is 2.53. The van der Waals surface area contributed by atoms with E-state index in [1.165, 1.54) is 51.5 Å². The van der Waals surface area contributed by atoms with Crippen molar-refractivity contribution in [2.45, 2.75) is 84.8 Å². The van der Waals surface area contributed by atoms with Crippen LogP contribution < -0.4 is 0 Å². The largest absolute Gasteiger partial charge is 0.356 e. The van der Waals surface area contributed by atoms with E-state index in [2.05, 4.69) is 49.9 Å². The van der Waals surface area contributed by atoms with Gasteiger partial charge in [0.2, 0.25) is 0 Å². The van der Waals surface area contributed by atoms with E-state index >= 15 is 0 Å². The molecule has 1 heterocycles. The molecule has 0 radical (unpaired) electrons. The standard InChI is InChI=1S/C16H32N2/c1-5-7-8-9-10-11-16-17(12-6-2)13-14-18(16)15(3)4/h13-16H,5-12H2,1-4H3. The van der Waals surface area contributed by atoms with Crippen LogP contribution in [0, 0.1) is 0 Å². The third-order valence-electron chi connectivity index (χ3n) is 3.80. The van der Waals surface area contributed by atoms with E-state index in [9.17, 15) is 0 Å². The monoisotopic (exact) mass is 252 g/mol. The van der Waals surface area contributed by atoms with Gasteiger partial charge in [0.15, 0.2) is 0 Å². The third kappa shape index (κ3) is 4.55. The first kappa shape index (κ1) is 15.4. The van der Waals surface area contributed by atoms with E-state index in [4.69, 9.17) is 0 Å². The van der Waals surface area contributed by atoms with E-state index in [1.54, 1.807) is 0 Å². The van der Waals surface area contributed by atoms with E-state index in [0.29, 0.717) is 12.2 Å². The van der Waals surface area contributed by atoms with Crippen LogP contribution >= 0.6 is 0 Å². The second kappa shape index (κ2) is 8.44. The fourth-order valence-corrected chi connectivity index (χ4v) is 2.78. The molecule has 0 amide bonds. The lowest BCUT2D eigenvalue weighted by Crippen LogP contribution is -2.42. The lowest BCUT2D eigenvalue weighted by atomic mass is 10.1. The van der Waals surface area contributed by atoms with Crippen molar-refractivity contribution >= 4 is 0 Å². The van der Waals surface area contributed by atoms with E-state index in [1.807, 2.05) is 0 Å². The highest BCUT2D eigenvalue weighted by atomic mass is 15.4. The van der Waals surface area contributed by atoms with Gasteiger partial charge in [0.1, 0.15) is 6.17 Å². The number of hydrogen-bond acceptors (Lipinski definition) is 2. The van der Waals surface area contributed by atoms with Crippen LogP contribution in [-0.4, -0.2) is 28.6 Å². The second-order valence-electron chi connectivity index (χ2n) is 5.76. The summed E-state index contributed by atoms with van der Waals surface area (Å²) in [6.07, 6.45) is 14.7. The van der Waals surface area contributed by atoms with Gasteiger partial charge >= 0.3 is 0 Å². The predicted molar refractivity (Wildman–Crippen MR) is 80.3 cm³/mol. The topological polar surface area (TPSA) is 6.48 Å². The summed E-state index contributed by atoms with van der Waals surface area (Å²) >= 11 is 0. The molecular formula is C16H32N2. The first-order chi connectivity index (χ1) is 8.70. The minimum absolute atomic E-state index is 0.615. The third-order valence-corrected chi connectivity index (χ3v) is 3.80. The Kier molecular flexibility index (Phi) is 7.22. The van der Waals surface area contributed by atoms with Crippen molar-refractivity contribution < 1.29 is 0 Å². The van der Waals surface area contributed by atoms with Gasteiger partial charge in [-0.3, -0.25) is 0 Å². The minimum atomic E-state index is 0.615. The quantitative estimate of drug-likeness (QED) is 0.554. The molecule has 0 aliphatic carbocycles. The fourth-order valence-electron chi connectivity index (χ4n) is 2.78. The molecule has 0 aromatic heterocycles. The molecule has 0 aromatic carbocycles. The van der Waals surface area contributed by atoms with Gasteiger partial charge in [0, 0.05) is 25.0 Å². The van der Waals surface area contributed by atoms with Crippen molar-refractivity contribution in [3.63, 3.8) is 0 Å². The molecule has 0 saturated heterocycles. The zero-order chi connectivity index (χ0) is 13.4. The number of rotatable bonds is 9. The highest BCUT2D eigenvalue weighted by molar-refractivity contribution is 4.98. The normalized spacial score (nSPS) is 19.3. The van der Waals surface area contributed by atoms with Gasteiger partial charge in [0.25, 0.3) is 0 Å². The second-order valence-corrected chi connectivity index (χ2v) is 5.76. The molecule has 2 nitrogen and oxygen atoms in total. The zero-order valence-electron chi connectivity index (χ0n) is 12.9. The van der Waals surface area contributed by atoms with Crippen molar-refractivity contribution in [2.75, 3.05) is 6.54 Å². The Morgan fingerprint density at radius 2 is 1.67 bits per heavy atom. The van der Waals surface area contributed by atoms with Crippen molar-refractivity contribution in [3.8, 4) is 0 Å². The summed E-state index contributed by atoms with van der Waals surface area (Å²) in [7, 11) is 0. The molecule has 1 rings (SSSR count).